The van der Waals surface area contributed by atoms with Gasteiger partial charge in [-0.1, -0.05) is 30.7 Å². The molecule has 1 aliphatic heterocycles. The summed E-state index contributed by atoms with van der Waals surface area (Å²) in [5.74, 6) is -0.230. The highest BCUT2D eigenvalue weighted by Crippen LogP contribution is 2.38. The number of amides is 3. The summed E-state index contributed by atoms with van der Waals surface area (Å²) in [6, 6.07) is 10.6. The van der Waals surface area contributed by atoms with Crippen molar-refractivity contribution in [3.05, 3.63) is 57.5 Å². The highest BCUT2D eigenvalue weighted by atomic mass is 35.5. The van der Waals surface area contributed by atoms with Crippen LogP contribution < -0.4 is 14.8 Å². The first-order valence-electron chi connectivity index (χ1n) is 9.42. The summed E-state index contributed by atoms with van der Waals surface area (Å²) < 4.78 is 10.5. The molecule has 2 aromatic carbocycles. The third-order valence-electron chi connectivity index (χ3n) is 4.57. The fraction of sp³-hybridized carbons (Fsp3) is 0.227. The van der Waals surface area contributed by atoms with Gasteiger partial charge < -0.3 is 14.8 Å². The zero-order valence-electron chi connectivity index (χ0n) is 17.2. The number of imide groups is 1. The van der Waals surface area contributed by atoms with E-state index in [-0.39, 0.29) is 11.4 Å². The minimum atomic E-state index is -0.544. The lowest BCUT2D eigenvalue weighted by Gasteiger charge is -2.13. The summed E-state index contributed by atoms with van der Waals surface area (Å²) in [4.78, 5) is 38.5. The molecule has 2 aromatic rings. The van der Waals surface area contributed by atoms with Crippen molar-refractivity contribution in [1.29, 1.82) is 0 Å². The van der Waals surface area contributed by atoms with E-state index in [1.807, 2.05) is 19.1 Å². The van der Waals surface area contributed by atoms with Crippen LogP contribution in [0.3, 0.4) is 0 Å². The molecule has 0 aliphatic carbocycles. The van der Waals surface area contributed by atoms with Crippen LogP contribution in [0.2, 0.25) is 5.02 Å². The lowest BCUT2D eigenvalue weighted by Crippen LogP contribution is -2.36. The Morgan fingerprint density at radius 2 is 1.87 bits per heavy atom. The number of nitrogens with one attached hydrogen (secondary N) is 1. The molecule has 0 atom stereocenters. The van der Waals surface area contributed by atoms with E-state index in [4.69, 9.17) is 21.1 Å². The standard InChI is InChI=1S/C22H21ClN2O5S/c1-4-13-5-7-15(8-6-13)24-19(26)12-25-21(27)18(31-22(25)28)11-14-9-16(23)20(30-3)17(10-14)29-2/h5-11H,4,12H2,1-3H3,(H,24,26)/b18-11-. The van der Waals surface area contributed by atoms with Crippen molar-refractivity contribution < 1.29 is 23.9 Å². The van der Waals surface area contributed by atoms with Crippen molar-refractivity contribution in [2.75, 3.05) is 26.1 Å². The molecule has 1 N–H and O–H groups in total. The predicted octanol–water partition coefficient (Wildman–Crippen LogP) is 4.59. The summed E-state index contributed by atoms with van der Waals surface area (Å²) in [5.41, 5.74) is 2.31. The van der Waals surface area contributed by atoms with E-state index >= 15 is 0 Å². The van der Waals surface area contributed by atoms with E-state index in [1.165, 1.54) is 20.3 Å². The van der Waals surface area contributed by atoms with Gasteiger partial charge in [0.1, 0.15) is 6.54 Å². The van der Waals surface area contributed by atoms with E-state index in [2.05, 4.69) is 5.32 Å². The first-order chi connectivity index (χ1) is 14.9. The van der Waals surface area contributed by atoms with Crippen molar-refractivity contribution in [1.82, 2.24) is 4.90 Å². The Hall–Kier alpha value is -2.97. The van der Waals surface area contributed by atoms with Gasteiger partial charge in [-0.05, 0) is 59.7 Å². The van der Waals surface area contributed by atoms with Gasteiger partial charge in [0.05, 0.1) is 24.1 Å². The van der Waals surface area contributed by atoms with Gasteiger partial charge >= 0.3 is 0 Å². The molecule has 0 saturated carbocycles. The van der Waals surface area contributed by atoms with Gasteiger partial charge in [-0.3, -0.25) is 19.3 Å². The largest absolute Gasteiger partial charge is 0.493 e. The number of thioether (sulfide) groups is 1. The molecule has 0 aromatic heterocycles. The van der Waals surface area contributed by atoms with E-state index in [0.29, 0.717) is 27.8 Å². The molecular formula is C22H21ClN2O5S. The van der Waals surface area contributed by atoms with Crippen LogP contribution in [-0.4, -0.2) is 42.7 Å². The third kappa shape index (κ3) is 5.21. The van der Waals surface area contributed by atoms with Crippen LogP contribution in [0, 0.1) is 0 Å². The summed E-state index contributed by atoms with van der Waals surface area (Å²) >= 11 is 6.96. The van der Waals surface area contributed by atoms with Crippen molar-refractivity contribution in [2.24, 2.45) is 0 Å². The van der Waals surface area contributed by atoms with Gasteiger partial charge in [0.15, 0.2) is 11.5 Å². The SMILES string of the molecule is CCc1ccc(NC(=O)CN2C(=O)S/C(=C\c3cc(Cl)c(OC)c(OC)c3)C2=O)cc1. The average molecular weight is 461 g/mol. The van der Waals surface area contributed by atoms with Gasteiger partial charge in [0, 0.05) is 5.69 Å². The number of hydrogen-bond acceptors (Lipinski definition) is 6. The Balaban J connectivity index is 1.73. The molecule has 1 heterocycles. The Bertz CT molecular complexity index is 1050. The van der Waals surface area contributed by atoms with Gasteiger partial charge in [0.25, 0.3) is 11.1 Å². The Morgan fingerprint density at radius 1 is 1.16 bits per heavy atom. The summed E-state index contributed by atoms with van der Waals surface area (Å²) in [6.07, 6.45) is 2.42. The van der Waals surface area contributed by atoms with E-state index in [1.54, 1.807) is 24.3 Å². The zero-order chi connectivity index (χ0) is 22.5. The summed E-state index contributed by atoms with van der Waals surface area (Å²) in [6.45, 7) is 1.67. The molecule has 3 amide bonds. The second-order valence-corrected chi connectivity index (χ2v) is 8.01. The van der Waals surface area contributed by atoms with Crippen LogP contribution in [0.5, 0.6) is 11.5 Å². The molecule has 162 valence electrons. The maximum absolute atomic E-state index is 12.7. The number of halogens is 1. The number of benzene rings is 2. The molecule has 7 nitrogen and oxygen atoms in total. The Morgan fingerprint density at radius 3 is 2.48 bits per heavy atom. The number of aryl methyl sites for hydroxylation is 1. The molecule has 3 rings (SSSR count). The number of ether oxygens (including phenoxy) is 2. The molecule has 1 fully saturated rings. The highest BCUT2D eigenvalue weighted by Gasteiger charge is 2.36. The van der Waals surface area contributed by atoms with Crippen LogP contribution >= 0.6 is 23.4 Å². The smallest absolute Gasteiger partial charge is 0.294 e. The normalized spacial score (nSPS) is 14.8. The molecule has 1 saturated heterocycles. The minimum Gasteiger partial charge on any atom is -0.493 e. The highest BCUT2D eigenvalue weighted by molar-refractivity contribution is 8.18. The number of methoxy groups -OCH3 is 2. The summed E-state index contributed by atoms with van der Waals surface area (Å²) in [7, 11) is 2.94. The first-order valence-corrected chi connectivity index (χ1v) is 10.6. The maximum atomic E-state index is 12.7. The molecule has 0 radical (unpaired) electrons. The molecule has 1 aliphatic rings. The van der Waals surface area contributed by atoms with E-state index in [0.717, 1.165) is 28.6 Å². The number of nitrogens with zero attached hydrogens (tertiary/aromatic N) is 1. The van der Waals surface area contributed by atoms with Crippen molar-refractivity contribution in [2.45, 2.75) is 13.3 Å². The Kier molecular flexibility index (Phi) is 7.25. The second kappa shape index (κ2) is 9.89. The zero-order valence-corrected chi connectivity index (χ0v) is 18.8. The number of hydrogen-bond donors (Lipinski definition) is 1. The van der Waals surface area contributed by atoms with Crippen molar-refractivity contribution in [3.63, 3.8) is 0 Å². The molecule has 0 unspecified atom stereocenters. The van der Waals surface area contributed by atoms with Gasteiger partial charge in [-0.15, -0.1) is 0 Å². The molecule has 0 spiro atoms. The average Bonchev–Trinajstić information content (AvgIpc) is 3.01. The number of anilines is 1. The quantitative estimate of drug-likeness (QED) is 0.608. The Labute approximate surface area is 189 Å². The van der Waals surface area contributed by atoms with Crippen LogP contribution in [-0.2, 0) is 16.0 Å². The predicted molar refractivity (Wildman–Crippen MR) is 122 cm³/mol. The van der Waals surface area contributed by atoms with Crippen LogP contribution in [0.25, 0.3) is 6.08 Å². The van der Waals surface area contributed by atoms with E-state index < -0.39 is 17.1 Å². The lowest BCUT2D eigenvalue weighted by molar-refractivity contribution is -0.127. The lowest BCUT2D eigenvalue weighted by atomic mass is 10.1. The van der Waals surface area contributed by atoms with Crippen LogP contribution in [0.15, 0.2) is 41.3 Å². The van der Waals surface area contributed by atoms with Crippen molar-refractivity contribution in [3.8, 4) is 11.5 Å². The molecule has 9 heteroatoms. The number of rotatable bonds is 7. The fourth-order valence-electron chi connectivity index (χ4n) is 2.98. The summed E-state index contributed by atoms with van der Waals surface area (Å²) in [5, 5.41) is 2.49. The van der Waals surface area contributed by atoms with Gasteiger partial charge in [0.2, 0.25) is 5.91 Å². The number of carbonyl (C=O) groups is 3. The monoisotopic (exact) mass is 460 g/mol. The van der Waals surface area contributed by atoms with Gasteiger partial charge in [-0.2, -0.15) is 0 Å². The van der Waals surface area contributed by atoms with Crippen LogP contribution in [0.1, 0.15) is 18.1 Å². The molecular weight excluding hydrogens is 440 g/mol. The fourth-order valence-corrected chi connectivity index (χ4v) is 4.11. The van der Waals surface area contributed by atoms with Crippen molar-refractivity contribution >= 4 is 52.2 Å². The third-order valence-corrected chi connectivity index (χ3v) is 5.76. The number of carbonyl (C=O) groups excluding carboxylic acids is 3. The van der Waals surface area contributed by atoms with Crippen LogP contribution in [0.4, 0.5) is 10.5 Å². The molecule has 31 heavy (non-hydrogen) atoms. The van der Waals surface area contributed by atoms with Gasteiger partial charge in [-0.25, -0.2) is 0 Å². The maximum Gasteiger partial charge on any atom is 0.294 e. The topological polar surface area (TPSA) is 84.9 Å². The second-order valence-electron chi connectivity index (χ2n) is 6.60. The first kappa shape index (κ1) is 22.7. The molecule has 0 bridgehead atoms. The van der Waals surface area contributed by atoms with E-state index in [9.17, 15) is 14.4 Å². The minimum absolute atomic E-state index is 0.188.